The topological polar surface area (TPSA) is 76.4 Å². The Bertz CT molecular complexity index is 1420. The number of rotatable bonds is 6. The van der Waals surface area contributed by atoms with Crippen molar-refractivity contribution in [1.29, 1.82) is 0 Å². The van der Waals surface area contributed by atoms with Crippen molar-refractivity contribution in [2.75, 3.05) is 12.4 Å². The molecule has 0 bridgehead atoms. The number of methoxy groups -OCH3 is 1. The zero-order valence-electron chi connectivity index (χ0n) is 19.3. The Morgan fingerprint density at radius 2 is 1.91 bits per heavy atom. The van der Waals surface area contributed by atoms with Gasteiger partial charge in [0.05, 0.1) is 22.8 Å². The Kier molecular flexibility index (Phi) is 7.60. The number of ether oxygens (including phenoxy) is 1. The molecule has 4 aromatic rings. The highest BCUT2D eigenvalue weighted by Crippen LogP contribution is 2.32. The summed E-state index contributed by atoms with van der Waals surface area (Å²) in [4.78, 5) is 17.2. The molecular formula is C26H23Cl2N3O3S. The molecule has 0 spiro atoms. The number of fused-ring (bicyclic) bond motifs is 1. The minimum atomic E-state index is -0.421. The molecule has 6 nitrogen and oxygen atoms in total. The number of nitrogens with zero attached hydrogens (tertiary/aromatic N) is 1. The van der Waals surface area contributed by atoms with Crippen LogP contribution in [0.15, 0.2) is 59.0 Å². The van der Waals surface area contributed by atoms with Gasteiger partial charge in [0, 0.05) is 11.1 Å². The van der Waals surface area contributed by atoms with Gasteiger partial charge in [0.25, 0.3) is 5.91 Å². The van der Waals surface area contributed by atoms with E-state index in [9.17, 15) is 4.79 Å². The molecule has 0 aliphatic carbocycles. The number of aromatic nitrogens is 1. The standard InChI is InChI=1S/C26H23Cl2N3O3S/c1-4-14(2)15-6-10-23-21(12-15)29-25(34-23)17-5-8-18(27)20(13-17)30-26(35)31-24(32)16-7-9-22(33-3)19(28)11-16/h5-14H,4H2,1-3H3,(H2,30,31,32,35)/t14-/m1/s1. The Morgan fingerprint density at radius 3 is 2.63 bits per heavy atom. The van der Waals surface area contributed by atoms with Gasteiger partial charge >= 0.3 is 0 Å². The molecule has 0 fully saturated rings. The van der Waals surface area contributed by atoms with E-state index in [4.69, 9.17) is 44.6 Å². The van der Waals surface area contributed by atoms with E-state index in [0.717, 1.165) is 11.9 Å². The molecule has 180 valence electrons. The Balaban J connectivity index is 1.52. The fourth-order valence-corrected chi connectivity index (χ4v) is 4.13. The molecule has 1 heterocycles. The first-order chi connectivity index (χ1) is 16.8. The van der Waals surface area contributed by atoms with Crippen molar-refractivity contribution in [2.24, 2.45) is 0 Å². The molecule has 1 atom stereocenters. The molecule has 0 saturated heterocycles. The zero-order valence-corrected chi connectivity index (χ0v) is 21.6. The van der Waals surface area contributed by atoms with Crippen molar-refractivity contribution < 1.29 is 13.9 Å². The summed E-state index contributed by atoms with van der Waals surface area (Å²) in [6.07, 6.45) is 1.05. The van der Waals surface area contributed by atoms with Crippen LogP contribution in [0.25, 0.3) is 22.6 Å². The molecule has 1 amide bonds. The third kappa shape index (κ3) is 5.59. The number of amides is 1. The third-order valence-corrected chi connectivity index (χ3v) is 6.52. The second kappa shape index (κ2) is 10.6. The number of nitrogens with one attached hydrogen (secondary N) is 2. The van der Waals surface area contributed by atoms with E-state index < -0.39 is 5.91 Å². The molecule has 35 heavy (non-hydrogen) atoms. The second-order valence-electron chi connectivity index (χ2n) is 8.01. The molecule has 3 aromatic carbocycles. The quantitative estimate of drug-likeness (QED) is 0.253. The lowest BCUT2D eigenvalue weighted by atomic mass is 9.98. The largest absolute Gasteiger partial charge is 0.495 e. The van der Waals surface area contributed by atoms with Crippen LogP contribution in [-0.2, 0) is 0 Å². The SMILES string of the molecule is CC[C@@H](C)c1ccc2oc(-c3ccc(Cl)c(NC(=S)NC(=O)c4ccc(OC)c(Cl)c4)c3)nc2c1. The number of anilines is 1. The number of hydrogen-bond donors (Lipinski definition) is 2. The zero-order chi connectivity index (χ0) is 25.1. The van der Waals surface area contributed by atoms with E-state index in [0.29, 0.717) is 50.0 Å². The molecule has 2 N–H and O–H groups in total. The average molecular weight is 528 g/mol. The summed E-state index contributed by atoms with van der Waals surface area (Å²) in [6.45, 7) is 4.34. The summed E-state index contributed by atoms with van der Waals surface area (Å²) >= 11 is 17.8. The van der Waals surface area contributed by atoms with Crippen LogP contribution < -0.4 is 15.4 Å². The fraction of sp³-hybridized carbons (Fsp3) is 0.192. The second-order valence-corrected chi connectivity index (χ2v) is 9.23. The van der Waals surface area contributed by atoms with Crippen molar-refractivity contribution in [1.82, 2.24) is 10.3 Å². The van der Waals surface area contributed by atoms with Gasteiger partial charge in [0.15, 0.2) is 10.7 Å². The van der Waals surface area contributed by atoms with Gasteiger partial charge in [-0.15, -0.1) is 0 Å². The van der Waals surface area contributed by atoms with Crippen molar-refractivity contribution in [3.8, 4) is 17.2 Å². The molecule has 0 radical (unpaired) electrons. The van der Waals surface area contributed by atoms with E-state index >= 15 is 0 Å². The van der Waals surface area contributed by atoms with Crippen LogP contribution in [-0.4, -0.2) is 23.1 Å². The van der Waals surface area contributed by atoms with Crippen molar-refractivity contribution in [2.45, 2.75) is 26.2 Å². The highest BCUT2D eigenvalue weighted by Gasteiger charge is 2.15. The van der Waals surface area contributed by atoms with Gasteiger partial charge in [-0.05, 0) is 78.7 Å². The number of carbonyl (C=O) groups excluding carboxylic acids is 1. The third-order valence-electron chi connectivity index (χ3n) is 5.70. The van der Waals surface area contributed by atoms with Gasteiger partial charge in [-0.2, -0.15) is 0 Å². The number of carbonyl (C=O) groups is 1. The molecule has 9 heteroatoms. The first-order valence-electron chi connectivity index (χ1n) is 10.9. The maximum absolute atomic E-state index is 12.6. The highest BCUT2D eigenvalue weighted by atomic mass is 35.5. The van der Waals surface area contributed by atoms with E-state index in [1.54, 1.807) is 24.3 Å². The van der Waals surface area contributed by atoms with Crippen LogP contribution in [0.1, 0.15) is 42.1 Å². The van der Waals surface area contributed by atoms with E-state index in [2.05, 4.69) is 41.6 Å². The van der Waals surface area contributed by atoms with Gasteiger partial charge in [-0.3, -0.25) is 10.1 Å². The summed E-state index contributed by atoms with van der Waals surface area (Å²) in [5.74, 6) is 0.957. The minimum Gasteiger partial charge on any atom is -0.495 e. The maximum atomic E-state index is 12.6. The minimum absolute atomic E-state index is 0.0803. The monoisotopic (exact) mass is 527 g/mol. The van der Waals surface area contributed by atoms with Gasteiger partial charge in [0.2, 0.25) is 5.89 Å². The normalized spacial score (nSPS) is 11.8. The van der Waals surface area contributed by atoms with Crippen LogP contribution in [0.4, 0.5) is 5.69 Å². The van der Waals surface area contributed by atoms with Crippen LogP contribution in [0.2, 0.25) is 10.0 Å². The summed E-state index contributed by atoms with van der Waals surface area (Å²) in [6, 6.07) is 16.1. The lowest BCUT2D eigenvalue weighted by Gasteiger charge is -2.12. The van der Waals surface area contributed by atoms with Gasteiger partial charge < -0.3 is 14.5 Å². The number of halogens is 2. The molecule has 0 aliphatic rings. The summed E-state index contributed by atoms with van der Waals surface area (Å²) < 4.78 is 11.1. The van der Waals surface area contributed by atoms with Gasteiger partial charge in [0.1, 0.15) is 11.3 Å². The van der Waals surface area contributed by atoms with Crippen molar-refractivity contribution in [3.63, 3.8) is 0 Å². The molecule has 0 aliphatic heterocycles. The lowest BCUT2D eigenvalue weighted by Crippen LogP contribution is -2.34. The number of benzene rings is 3. The summed E-state index contributed by atoms with van der Waals surface area (Å²) in [5, 5.41) is 6.42. The first-order valence-corrected chi connectivity index (χ1v) is 12.1. The first kappa shape index (κ1) is 25.0. The lowest BCUT2D eigenvalue weighted by molar-refractivity contribution is 0.0977. The number of hydrogen-bond acceptors (Lipinski definition) is 5. The molecule has 0 saturated carbocycles. The van der Waals surface area contributed by atoms with Crippen LogP contribution >= 0.6 is 35.4 Å². The van der Waals surface area contributed by atoms with E-state index in [1.165, 1.54) is 18.7 Å². The van der Waals surface area contributed by atoms with Crippen molar-refractivity contribution >= 4 is 63.2 Å². The highest BCUT2D eigenvalue weighted by molar-refractivity contribution is 7.80. The Morgan fingerprint density at radius 1 is 1.11 bits per heavy atom. The predicted octanol–water partition coefficient (Wildman–Crippen LogP) is 7.45. The summed E-state index contributed by atoms with van der Waals surface area (Å²) in [7, 11) is 1.50. The smallest absolute Gasteiger partial charge is 0.257 e. The molecular weight excluding hydrogens is 505 g/mol. The maximum Gasteiger partial charge on any atom is 0.257 e. The van der Waals surface area contributed by atoms with Crippen LogP contribution in [0.3, 0.4) is 0 Å². The predicted molar refractivity (Wildman–Crippen MR) is 145 cm³/mol. The van der Waals surface area contributed by atoms with Crippen molar-refractivity contribution in [3.05, 3.63) is 75.8 Å². The van der Waals surface area contributed by atoms with Gasteiger partial charge in [-0.25, -0.2) is 4.98 Å². The van der Waals surface area contributed by atoms with Crippen LogP contribution in [0.5, 0.6) is 5.75 Å². The number of thiocarbonyl (C=S) groups is 1. The molecule has 4 rings (SSSR count). The van der Waals surface area contributed by atoms with Crippen LogP contribution in [0, 0.1) is 0 Å². The Labute approximate surface area is 218 Å². The Hall–Kier alpha value is -3.13. The van der Waals surface area contributed by atoms with E-state index in [1.807, 2.05) is 12.1 Å². The van der Waals surface area contributed by atoms with E-state index in [-0.39, 0.29) is 5.11 Å². The fourth-order valence-electron chi connectivity index (χ4n) is 3.50. The summed E-state index contributed by atoms with van der Waals surface area (Å²) in [5.41, 5.74) is 4.28. The molecule has 0 unspecified atom stereocenters. The average Bonchev–Trinajstić information content (AvgIpc) is 3.28. The number of oxazole rings is 1. The van der Waals surface area contributed by atoms with Gasteiger partial charge in [-0.1, -0.05) is 43.1 Å². The molecule has 1 aromatic heterocycles.